The summed E-state index contributed by atoms with van der Waals surface area (Å²) in [6.07, 6.45) is 0.984. The Labute approximate surface area is 125 Å². The van der Waals surface area contributed by atoms with E-state index in [-0.39, 0.29) is 18.0 Å². The van der Waals surface area contributed by atoms with Gasteiger partial charge >= 0.3 is 0 Å². The molecule has 3 N–H and O–H groups in total. The number of hydrogen-bond donors (Lipinski definition) is 2. The number of primary amides is 1. The van der Waals surface area contributed by atoms with Crippen molar-refractivity contribution in [3.05, 3.63) is 59.2 Å². The molecule has 3 heteroatoms. The van der Waals surface area contributed by atoms with Crippen LogP contribution in [0.15, 0.2) is 42.5 Å². The third-order valence-corrected chi connectivity index (χ3v) is 4.24. The molecule has 0 aromatic heterocycles. The van der Waals surface area contributed by atoms with Crippen LogP contribution >= 0.6 is 0 Å². The second kappa shape index (κ2) is 5.34. The third-order valence-electron chi connectivity index (χ3n) is 4.24. The van der Waals surface area contributed by atoms with Crippen LogP contribution in [0.2, 0.25) is 0 Å². The molecule has 2 atom stereocenters. The fourth-order valence-corrected chi connectivity index (χ4v) is 2.99. The molecular formula is C18H20N2O. The van der Waals surface area contributed by atoms with Crippen molar-refractivity contribution in [1.29, 1.82) is 0 Å². The molecule has 0 fully saturated rings. The van der Waals surface area contributed by atoms with Gasteiger partial charge in [-0.25, -0.2) is 0 Å². The Hall–Kier alpha value is -2.13. The summed E-state index contributed by atoms with van der Waals surface area (Å²) in [6.45, 7) is 3.85. The fourth-order valence-electron chi connectivity index (χ4n) is 2.99. The van der Waals surface area contributed by atoms with Gasteiger partial charge in [-0.05, 0) is 48.1 Å². The Morgan fingerprint density at radius 2 is 1.81 bits per heavy atom. The summed E-state index contributed by atoms with van der Waals surface area (Å²) >= 11 is 0. The maximum Gasteiger partial charge on any atom is 0.234 e. The van der Waals surface area contributed by atoms with Crippen molar-refractivity contribution < 1.29 is 4.79 Å². The van der Waals surface area contributed by atoms with Gasteiger partial charge in [0.1, 0.15) is 0 Å². The van der Waals surface area contributed by atoms with Gasteiger partial charge in [0.2, 0.25) is 5.91 Å². The number of hydrogen-bond acceptors (Lipinski definition) is 2. The van der Waals surface area contributed by atoms with Gasteiger partial charge < -0.3 is 5.73 Å². The van der Waals surface area contributed by atoms with Crippen LogP contribution < -0.4 is 11.1 Å². The van der Waals surface area contributed by atoms with Crippen molar-refractivity contribution in [1.82, 2.24) is 5.32 Å². The van der Waals surface area contributed by atoms with E-state index in [1.807, 2.05) is 0 Å². The van der Waals surface area contributed by atoms with Crippen LogP contribution in [0.25, 0.3) is 11.1 Å². The van der Waals surface area contributed by atoms with Crippen molar-refractivity contribution >= 4 is 5.91 Å². The highest BCUT2D eigenvalue weighted by Gasteiger charge is 2.20. The lowest BCUT2D eigenvalue weighted by molar-refractivity contribution is -0.119. The molecule has 0 saturated carbocycles. The molecule has 2 unspecified atom stereocenters. The van der Waals surface area contributed by atoms with E-state index < -0.39 is 0 Å². The summed E-state index contributed by atoms with van der Waals surface area (Å²) in [5.41, 5.74) is 11.9. The first-order valence-corrected chi connectivity index (χ1v) is 7.32. The summed E-state index contributed by atoms with van der Waals surface area (Å²) in [7, 11) is 0. The maximum atomic E-state index is 11.2. The number of amides is 1. The van der Waals surface area contributed by atoms with E-state index in [9.17, 15) is 4.79 Å². The first-order chi connectivity index (χ1) is 10.1. The molecule has 1 aliphatic rings. The van der Waals surface area contributed by atoms with Crippen LogP contribution in [-0.4, -0.2) is 11.9 Å². The van der Waals surface area contributed by atoms with Crippen LogP contribution in [-0.2, 0) is 11.2 Å². The van der Waals surface area contributed by atoms with Gasteiger partial charge in [-0.1, -0.05) is 42.5 Å². The zero-order valence-corrected chi connectivity index (χ0v) is 12.4. The van der Waals surface area contributed by atoms with Crippen LogP contribution in [0.4, 0.5) is 0 Å². The topological polar surface area (TPSA) is 55.1 Å². The molecule has 0 bridgehead atoms. The van der Waals surface area contributed by atoms with Crippen LogP contribution in [0.5, 0.6) is 0 Å². The molecule has 0 spiro atoms. The molecule has 3 rings (SSSR count). The zero-order chi connectivity index (χ0) is 15.0. The number of benzene rings is 2. The number of nitrogens with two attached hydrogens (primary N) is 1. The van der Waals surface area contributed by atoms with Gasteiger partial charge in [-0.15, -0.1) is 0 Å². The van der Waals surface area contributed by atoms with Gasteiger partial charge in [0.25, 0.3) is 0 Å². The van der Waals surface area contributed by atoms with Crippen molar-refractivity contribution in [2.24, 2.45) is 5.73 Å². The molecule has 0 aliphatic heterocycles. The lowest BCUT2D eigenvalue weighted by atomic mass is 10.00. The van der Waals surface area contributed by atoms with Gasteiger partial charge in [0.15, 0.2) is 0 Å². The molecule has 2 aromatic rings. The minimum Gasteiger partial charge on any atom is -0.368 e. The molecule has 1 amide bonds. The molecule has 2 aromatic carbocycles. The largest absolute Gasteiger partial charge is 0.368 e. The lowest BCUT2D eigenvalue weighted by Crippen LogP contribution is -2.40. The number of carbonyl (C=O) groups excluding carboxylic acids is 1. The maximum absolute atomic E-state index is 11.2. The second-order valence-corrected chi connectivity index (χ2v) is 5.76. The fraction of sp³-hybridized carbons (Fsp3) is 0.278. The second-order valence-electron chi connectivity index (χ2n) is 5.76. The van der Waals surface area contributed by atoms with Crippen molar-refractivity contribution in [3.8, 4) is 11.1 Å². The highest BCUT2D eigenvalue weighted by atomic mass is 16.1. The normalized spacial score (nSPS) is 15.1. The summed E-state index contributed by atoms with van der Waals surface area (Å²) in [5.74, 6) is -0.324. The Kier molecular flexibility index (Phi) is 3.52. The molecule has 3 nitrogen and oxygen atoms in total. The Balaban J connectivity index is 1.85. The number of rotatable bonds is 4. The Bertz CT molecular complexity index is 693. The highest BCUT2D eigenvalue weighted by Crippen LogP contribution is 2.37. The average molecular weight is 280 g/mol. The van der Waals surface area contributed by atoms with Gasteiger partial charge in [-0.2, -0.15) is 0 Å². The first kappa shape index (κ1) is 13.8. The third kappa shape index (κ3) is 2.57. The number of carbonyl (C=O) groups is 1. The minimum atomic E-state index is -0.328. The monoisotopic (exact) mass is 280 g/mol. The summed E-state index contributed by atoms with van der Waals surface area (Å²) in [5, 5.41) is 3.23. The lowest BCUT2D eigenvalue weighted by Gasteiger charge is -2.19. The van der Waals surface area contributed by atoms with Crippen LogP contribution in [0.3, 0.4) is 0 Å². The number of nitrogens with one attached hydrogen (secondary N) is 1. The van der Waals surface area contributed by atoms with E-state index in [1.54, 1.807) is 6.92 Å². The number of fused-ring (bicyclic) bond motifs is 3. The predicted octanol–water partition coefficient (Wildman–Crippen LogP) is 2.78. The highest BCUT2D eigenvalue weighted by molar-refractivity contribution is 5.79. The Morgan fingerprint density at radius 1 is 1.10 bits per heavy atom. The van der Waals surface area contributed by atoms with Crippen molar-refractivity contribution in [2.45, 2.75) is 32.4 Å². The summed E-state index contributed by atoms with van der Waals surface area (Å²) in [4.78, 5) is 11.2. The van der Waals surface area contributed by atoms with E-state index in [0.717, 1.165) is 6.42 Å². The quantitative estimate of drug-likeness (QED) is 0.772. The zero-order valence-electron chi connectivity index (χ0n) is 12.4. The SMILES string of the molecule is CC(NC(C)c1ccc2c(c1)Cc1ccccc1-2)C(N)=O. The van der Waals surface area contributed by atoms with Crippen molar-refractivity contribution in [3.63, 3.8) is 0 Å². The first-order valence-electron chi connectivity index (χ1n) is 7.32. The minimum absolute atomic E-state index is 0.0986. The molecule has 0 saturated heterocycles. The molecular weight excluding hydrogens is 260 g/mol. The molecule has 0 heterocycles. The molecule has 108 valence electrons. The van der Waals surface area contributed by atoms with E-state index in [1.165, 1.54) is 27.8 Å². The van der Waals surface area contributed by atoms with Gasteiger partial charge in [0, 0.05) is 6.04 Å². The molecule has 0 radical (unpaired) electrons. The van der Waals surface area contributed by atoms with E-state index in [2.05, 4.69) is 54.7 Å². The van der Waals surface area contributed by atoms with E-state index in [4.69, 9.17) is 5.73 Å². The predicted molar refractivity (Wildman–Crippen MR) is 84.9 cm³/mol. The standard InChI is InChI=1S/C18H20N2O/c1-11(20-12(2)18(19)21)13-7-8-17-15(9-13)10-14-5-3-4-6-16(14)17/h3-9,11-12,20H,10H2,1-2H3,(H2,19,21). The summed E-state index contributed by atoms with van der Waals surface area (Å²) < 4.78 is 0. The van der Waals surface area contributed by atoms with Crippen molar-refractivity contribution in [2.75, 3.05) is 0 Å². The van der Waals surface area contributed by atoms with Gasteiger partial charge in [-0.3, -0.25) is 10.1 Å². The van der Waals surface area contributed by atoms with Gasteiger partial charge in [0.05, 0.1) is 6.04 Å². The van der Waals surface area contributed by atoms with Crippen LogP contribution in [0, 0.1) is 0 Å². The summed E-state index contributed by atoms with van der Waals surface area (Å²) in [6, 6.07) is 14.9. The Morgan fingerprint density at radius 3 is 2.57 bits per heavy atom. The molecule has 21 heavy (non-hydrogen) atoms. The average Bonchev–Trinajstić information content (AvgIpc) is 2.84. The molecule has 1 aliphatic carbocycles. The van der Waals surface area contributed by atoms with E-state index in [0.29, 0.717) is 0 Å². The van der Waals surface area contributed by atoms with Crippen LogP contribution in [0.1, 0.15) is 36.6 Å². The smallest absolute Gasteiger partial charge is 0.234 e. The van der Waals surface area contributed by atoms with E-state index >= 15 is 0 Å².